The Labute approximate surface area is 69.7 Å². The third-order valence-electron chi connectivity index (χ3n) is 1.83. The molecule has 0 saturated carbocycles. The third kappa shape index (κ3) is 1.25. The van der Waals surface area contributed by atoms with Crippen LogP contribution in [0.3, 0.4) is 0 Å². The van der Waals surface area contributed by atoms with Gasteiger partial charge in [0.15, 0.2) is 0 Å². The lowest BCUT2D eigenvalue weighted by atomic mass is 10.0. The van der Waals surface area contributed by atoms with Gasteiger partial charge in [0.2, 0.25) is 0 Å². The molecular weight excluding hydrogens is 230 g/mol. The summed E-state index contributed by atoms with van der Waals surface area (Å²) >= 11 is 2.26. The molecule has 0 spiro atoms. The molecule has 9 heavy (non-hydrogen) atoms. The van der Waals surface area contributed by atoms with E-state index >= 15 is 0 Å². The van der Waals surface area contributed by atoms with Crippen molar-refractivity contribution >= 4 is 30.3 Å². The first kappa shape index (κ1) is 7.82. The second-order valence-corrected chi connectivity index (χ2v) is 4.89. The first-order valence-corrected chi connectivity index (χ1v) is 4.00. The summed E-state index contributed by atoms with van der Waals surface area (Å²) in [5.41, 5.74) is -0.145. The van der Waals surface area contributed by atoms with E-state index < -0.39 is 0 Å². The molecule has 0 aliphatic carbocycles. The molecule has 1 fully saturated rings. The van der Waals surface area contributed by atoms with Gasteiger partial charge in [-0.15, -0.1) is 0 Å². The number of hydrogen-bond acceptors (Lipinski definition) is 2. The van der Waals surface area contributed by atoms with Crippen molar-refractivity contribution in [1.82, 2.24) is 0 Å². The van der Waals surface area contributed by atoms with Crippen molar-refractivity contribution in [3.8, 4) is 0 Å². The molecular formula is C5H10BIO2. The van der Waals surface area contributed by atoms with E-state index in [0.29, 0.717) is 7.69 Å². The minimum atomic E-state index is -0.162. The number of rotatable bonds is 0. The van der Waals surface area contributed by atoms with E-state index in [1.807, 2.05) is 20.8 Å². The van der Waals surface area contributed by atoms with E-state index in [0.717, 1.165) is 0 Å². The normalized spacial score (nSPS) is 40.4. The Morgan fingerprint density at radius 3 is 1.89 bits per heavy atom. The monoisotopic (exact) mass is 240 g/mol. The van der Waals surface area contributed by atoms with Crippen LogP contribution in [0.5, 0.6) is 0 Å². The van der Waals surface area contributed by atoms with Crippen molar-refractivity contribution in [3.05, 3.63) is 0 Å². The molecule has 0 aromatic heterocycles. The summed E-state index contributed by atoms with van der Waals surface area (Å²) in [6.45, 7) is 6.10. The van der Waals surface area contributed by atoms with Crippen LogP contribution in [0.2, 0.25) is 0 Å². The predicted molar refractivity (Wildman–Crippen MR) is 45.8 cm³/mol. The smallest absolute Gasteiger partial charge is 0.405 e. The summed E-state index contributed by atoms with van der Waals surface area (Å²) in [6, 6.07) is 0. The summed E-state index contributed by atoms with van der Waals surface area (Å²) in [4.78, 5) is 0. The van der Waals surface area contributed by atoms with Gasteiger partial charge in [0.25, 0.3) is 0 Å². The van der Waals surface area contributed by atoms with Gasteiger partial charge in [-0.1, -0.05) is 0 Å². The van der Waals surface area contributed by atoms with Gasteiger partial charge in [0.05, 0.1) is 5.60 Å². The van der Waals surface area contributed by atoms with Gasteiger partial charge in [-0.05, 0) is 43.4 Å². The Bertz CT molecular complexity index is 110. The minimum Gasteiger partial charge on any atom is -0.405 e. The van der Waals surface area contributed by atoms with Crippen LogP contribution in [0.15, 0.2) is 0 Å². The predicted octanol–water partition coefficient (Wildman–Crippen LogP) is 1.23. The number of hydrogen-bond donors (Lipinski definition) is 0. The molecule has 1 atom stereocenters. The average molecular weight is 240 g/mol. The Balaban J connectivity index is 2.75. The van der Waals surface area contributed by atoms with E-state index in [1.165, 1.54) is 0 Å². The summed E-state index contributed by atoms with van der Waals surface area (Å²) in [5, 5.41) is 0. The van der Waals surface area contributed by atoms with E-state index in [1.54, 1.807) is 0 Å². The Morgan fingerprint density at radius 2 is 1.78 bits per heavy atom. The van der Waals surface area contributed by atoms with Crippen molar-refractivity contribution in [1.29, 1.82) is 0 Å². The fourth-order valence-corrected chi connectivity index (χ4v) is 0.873. The van der Waals surface area contributed by atoms with Crippen LogP contribution in [-0.4, -0.2) is 16.9 Å². The van der Waals surface area contributed by atoms with Gasteiger partial charge in [0.1, 0.15) is 3.61 Å². The Hall–Kier alpha value is 0.715. The topological polar surface area (TPSA) is 18.5 Å². The molecule has 4 heteroatoms. The van der Waals surface area contributed by atoms with E-state index in [2.05, 4.69) is 22.6 Å². The summed E-state index contributed by atoms with van der Waals surface area (Å²) in [5.74, 6) is 0. The lowest BCUT2D eigenvalue weighted by Crippen LogP contribution is -2.38. The van der Waals surface area contributed by atoms with Crippen molar-refractivity contribution in [2.24, 2.45) is 0 Å². The van der Waals surface area contributed by atoms with Gasteiger partial charge in [0, 0.05) is 0 Å². The second kappa shape index (κ2) is 2.10. The molecule has 0 radical (unpaired) electrons. The number of alkyl halides is 1. The zero-order valence-corrected chi connectivity index (χ0v) is 8.06. The van der Waals surface area contributed by atoms with Crippen molar-refractivity contribution in [2.45, 2.75) is 30.0 Å². The number of halogens is 1. The van der Waals surface area contributed by atoms with Crippen molar-refractivity contribution in [3.63, 3.8) is 0 Å². The zero-order chi connectivity index (χ0) is 7.12. The van der Waals surface area contributed by atoms with Gasteiger partial charge in [-0.3, -0.25) is 0 Å². The van der Waals surface area contributed by atoms with Gasteiger partial charge in [-0.2, -0.15) is 0 Å². The quantitative estimate of drug-likeness (QED) is 0.360. The minimum absolute atomic E-state index is 0.145. The molecule has 2 nitrogen and oxygen atoms in total. The lowest BCUT2D eigenvalue weighted by molar-refractivity contribution is 0.0728. The summed E-state index contributed by atoms with van der Waals surface area (Å²) in [6.07, 6.45) is 0. The lowest BCUT2D eigenvalue weighted by Gasteiger charge is -2.30. The molecule has 0 unspecified atom stereocenters. The highest BCUT2D eigenvalue weighted by Crippen LogP contribution is 2.39. The van der Waals surface area contributed by atoms with Crippen molar-refractivity contribution in [2.75, 3.05) is 0 Å². The molecule has 0 aromatic carbocycles. The molecule has 1 saturated heterocycles. The summed E-state index contributed by atoms with van der Waals surface area (Å²) in [7, 11) is 0.423. The third-order valence-corrected chi connectivity index (χ3v) is 3.44. The molecule has 0 N–H and O–H groups in total. The summed E-state index contributed by atoms with van der Waals surface area (Å²) < 4.78 is 10.5. The molecule has 1 aliphatic heterocycles. The molecule has 1 rings (SSSR count). The molecule has 52 valence electrons. The fraction of sp³-hybridized carbons (Fsp3) is 1.00. The first-order valence-electron chi connectivity index (χ1n) is 2.92. The largest absolute Gasteiger partial charge is 0.439 e. The van der Waals surface area contributed by atoms with Crippen molar-refractivity contribution < 1.29 is 9.31 Å². The maximum absolute atomic E-state index is 5.33. The van der Waals surface area contributed by atoms with E-state index in [4.69, 9.17) is 9.31 Å². The second-order valence-electron chi connectivity index (χ2n) is 2.83. The highest BCUT2D eigenvalue weighted by Gasteiger charge is 2.45. The van der Waals surface area contributed by atoms with E-state index in [9.17, 15) is 0 Å². The Morgan fingerprint density at radius 1 is 1.22 bits per heavy atom. The van der Waals surface area contributed by atoms with Crippen LogP contribution in [0, 0.1) is 0 Å². The van der Waals surface area contributed by atoms with Crippen LogP contribution in [0.1, 0.15) is 20.8 Å². The molecule has 0 bridgehead atoms. The van der Waals surface area contributed by atoms with Crippen LogP contribution >= 0.6 is 22.6 Å². The molecule has 0 aromatic rings. The highest BCUT2D eigenvalue weighted by atomic mass is 127. The Kier molecular flexibility index (Phi) is 1.82. The maximum atomic E-state index is 5.33. The van der Waals surface area contributed by atoms with Crippen LogP contribution in [0.25, 0.3) is 0 Å². The van der Waals surface area contributed by atoms with E-state index in [-0.39, 0.29) is 9.21 Å². The van der Waals surface area contributed by atoms with Crippen LogP contribution in [-0.2, 0) is 9.31 Å². The zero-order valence-electron chi connectivity index (χ0n) is 5.90. The molecule has 0 amide bonds. The van der Waals surface area contributed by atoms with Crippen LogP contribution in [0.4, 0.5) is 0 Å². The van der Waals surface area contributed by atoms with Gasteiger partial charge >= 0.3 is 7.69 Å². The molecule has 1 aliphatic rings. The van der Waals surface area contributed by atoms with Gasteiger partial charge in [-0.25, -0.2) is 0 Å². The average Bonchev–Trinajstić information content (AvgIpc) is 1.81. The van der Waals surface area contributed by atoms with Gasteiger partial charge < -0.3 is 9.31 Å². The highest BCUT2D eigenvalue weighted by molar-refractivity contribution is 14.1. The van der Waals surface area contributed by atoms with Crippen LogP contribution < -0.4 is 0 Å². The maximum Gasteiger partial charge on any atom is 0.439 e. The fourth-order valence-electron chi connectivity index (χ4n) is 0.590. The molecule has 1 heterocycles. The SMILES string of the molecule is CC1(C)OBO[C@]1(C)I. The standard InChI is InChI=1S/C5H10BIO2/c1-4(2)5(3,7)9-6-8-4/h6H,1-3H3/t5-/m0/s1. The first-order chi connectivity index (χ1) is 3.96.